The summed E-state index contributed by atoms with van der Waals surface area (Å²) in [6, 6.07) is 14.6. The standard InChI is InChI=1S/C25H14F3N2O2.Na.H2O/c1-29-18-5-7-24-21(13-18)25(8-9-30-24)32-20-6-3-16(23(28)14-20)11-19(31)10-15-2-4-17(26)12-22(15)27;;/h2-4,6-9,12-14H,10-11H2;;1H2/q-1;+1;/p-1. The van der Waals surface area contributed by atoms with Gasteiger partial charge in [0.05, 0.1) is 12.3 Å². The summed E-state index contributed by atoms with van der Waals surface area (Å²) in [4.78, 5) is 19.8. The number of benzene rings is 3. The minimum absolute atomic E-state index is 0. The van der Waals surface area contributed by atoms with Crippen LogP contribution in [-0.2, 0) is 17.6 Å². The van der Waals surface area contributed by atoms with E-state index in [-0.39, 0.29) is 64.8 Å². The fourth-order valence-electron chi connectivity index (χ4n) is 3.22. The van der Waals surface area contributed by atoms with E-state index in [0.717, 1.165) is 12.1 Å². The Morgan fingerprint density at radius 3 is 2.32 bits per heavy atom. The molecule has 0 saturated carbocycles. The van der Waals surface area contributed by atoms with Crippen molar-refractivity contribution in [3.05, 3.63) is 107 Å². The summed E-state index contributed by atoms with van der Waals surface area (Å²) in [7, 11) is 0. The second-order valence-electron chi connectivity index (χ2n) is 7.02. The molecule has 4 aromatic rings. The van der Waals surface area contributed by atoms with Crippen LogP contribution in [-0.4, -0.2) is 16.2 Å². The molecular weight excluding hydrogens is 456 g/mol. The number of nitrogens with zero attached hydrogens (tertiary/aromatic N) is 2. The average Bonchev–Trinajstić information content (AvgIpc) is 2.77. The zero-order valence-corrected chi connectivity index (χ0v) is 20.0. The molecule has 34 heavy (non-hydrogen) atoms. The van der Waals surface area contributed by atoms with Gasteiger partial charge in [0.1, 0.15) is 34.7 Å². The molecule has 0 amide bonds. The zero-order valence-electron chi connectivity index (χ0n) is 18.0. The largest absolute Gasteiger partial charge is 1.00 e. The van der Waals surface area contributed by atoms with Crippen LogP contribution in [0.15, 0.2) is 60.8 Å². The molecule has 0 aliphatic carbocycles. The molecule has 0 radical (unpaired) electrons. The zero-order chi connectivity index (χ0) is 22.7. The molecule has 166 valence electrons. The molecule has 3 aromatic carbocycles. The van der Waals surface area contributed by atoms with Crippen molar-refractivity contribution in [2.75, 3.05) is 0 Å². The average molecular weight is 471 g/mol. The summed E-state index contributed by atoms with van der Waals surface area (Å²) in [6.07, 6.45) is 1.01. The molecule has 5 nitrogen and oxygen atoms in total. The van der Waals surface area contributed by atoms with Crippen molar-refractivity contribution in [1.82, 2.24) is 4.98 Å². The van der Waals surface area contributed by atoms with Crippen molar-refractivity contribution in [3.8, 4) is 11.5 Å². The summed E-state index contributed by atoms with van der Waals surface area (Å²) < 4.78 is 47.1. The first-order valence-electron chi connectivity index (χ1n) is 9.53. The van der Waals surface area contributed by atoms with E-state index in [0.29, 0.717) is 28.4 Å². The van der Waals surface area contributed by atoms with Gasteiger partial charge in [-0.25, -0.2) is 13.2 Å². The third kappa shape index (κ3) is 6.22. The van der Waals surface area contributed by atoms with Gasteiger partial charge in [-0.2, -0.15) is 18.2 Å². The Morgan fingerprint density at radius 1 is 1.00 bits per heavy atom. The Balaban J connectivity index is 0.00000204. The number of Topliss-reactive ketones (excluding diaryl/α,β-unsaturated/α-hetero) is 1. The van der Waals surface area contributed by atoms with Crippen LogP contribution in [0.2, 0.25) is 0 Å². The van der Waals surface area contributed by atoms with E-state index in [9.17, 15) is 18.0 Å². The molecule has 0 aliphatic rings. The number of hydrogen-bond acceptors (Lipinski definition) is 4. The number of ketones is 1. The number of aromatic nitrogens is 1. The van der Waals surface area contributed by atoms with Crippen LogP contribution in [0.4, 0.5) is 18.9 Å². The maximum Gasteiger partial charge on any atom is 1.00 e. The van der Waals surface area contributed by atoms with Crippen LogP contribution >= 0.6 is 0 Å². The molecule has 1 aromatic heterocycles. The Hall–Kier alpha value is -3.22. The van der Waals surface area contributed by atoms with Gasteiger partial charge >= 0.3 is 29.6 Å². The van der Waals surface area contributed by atoms with Crippen LogP contribution in [0.5, 0.6) is 11.5 Å². The van der Waals surface area contributed by atoms with E-state index >= 15 is 0 Å². The molecule has 1 heterocycles. The molecule has 1 N–H and O–H groups in total. The van der Waals surface area contributed by atoms with Crippen molar-refractivity contribution in [2.24, 2.45) is 0 Å². The quantitative estimate of drug-likeness (QED) is 0.320. The van der Waals surface area contributed by atoms with Gasteiger partial charge < -0.3 is 15.2 Å². The number of hydrogen-bond donors (Lipinski definition) is 0. The second-order valence-corrected chi connectivity index (χ2v) is 7.02. The minimum Gasteiger partial charge on any atom is -0.870 e. The summed E-state index contributed by atoms with van der Waals surface area (Å²) in [5, 5.41) is 0.582. The molecule has 0 spiro atoms. The first kappa shape index (κ1) is 27.0. The summed E-state index contributed by atoms with van der Waals surface area (Å²) in [6.45, 7) is 7.13. The fraction of sp³-hybridized carbons (Fsp3) is 0.0800. The minimum atomic E-state index is -0.814. The normalized spacial score (nSPS) is 10.1. The predicted molar refractivity (Wildman–Crippen MR) is 114 cm³/mol. The molecule has 9 heteroatoms. The maximum atomic E-state index is 14.6. The van der Waals surface area contributed by atoms with Gasteiger partial charge in [-0.15, -0.1) is 0 Å². The van der Waals surface area contributed by atoms with E-state index < -0.39 is 23.2 Å². The number of carbonyl (C=O) groups is 1. The van der Waals surface area contributed by atoms with Crippen molar-refractivity contribution < 1.29 is 57.7 Å². The van der Waals surface area contributed by atoms with E-state index in [2.05, 4.69) is 15.9 Å². The molecule has 4 rings (SSSR count). The summed E-state index contributed by atoms with van der Waals surface area (Å²) in [5.74, 6) is -2.01. The van der Waals surface area contributed by atoms with E-state index in [1.165, 1.54) is 24.4 Å². The van der Waals surface area contributed by atoms with Gasteiger partial charge in [-0.05, 0) is 34.8 Å². The topological polar surface area (TPSA) is 73.5 Å². The molecule has 0 saturated heterocycles. The van der Waals surface area contributed by atoms with Crippen molar-refractivity contribution >= 4 is 22.4 Å². The Labute approximate surface area is 215 Å². The van der Waals surface area contributed by atoms with Crippen LogP contribution in [0.25, 0.3) is 15.7 Å². The van der Waals surface area contributed by atoms with Gasteiger partial charge in [0, 0.05) is 31.2 Å². The SMILES string of the molecule is [C-]#[N+]c1[c-]cc2nccc(Oc3ccc(CC(=O)Cc4ccc(F)cc4F)c(F)c3)c2c1.[Na+].[OH-]. The first-order chi connectivity index (χ1) is 15.4. The van der Waals surface area contributed by atoms with E-state index in [1.54, 1.807) is 18.2 Å². The fourth-order valence-corrected chi connectivity index (χ4v) is 3.22. The molecule has 0 unspecified atom stereocenters. The number of fused-ring (bicyclic) bond motifs is 1. The molecule has 0 atom stereocenters. The second kappa shape index (κ2) is 11.8. The number of carbonyl (C=O) groups excluding carboxylic acids is 1. The van der Waals surface area contributed by atoms with Crippen LogP contribution in [0.3, 0.4) is 0 Å². The van der Waals surface area contributed by atoms with Gasteiger partial charge in [0.2, 0.25) is 0 Å². The third-order valence-electron chi connectivity index (χ3n) is 4.78. The molecule has 0 aliphatic heterocycles. The Kier molecular flexibility index (Phi) is 9.36. The number of rotatable bonds is 6. The predicted octanol–water partition coefficient (Wildman–Crippen LogP) is 2.98. The molecule has 0 fully saturated rings. The molecule has 0 bridgehead atoms. The monoisotopic (exact) mass is 471 g/mol. The van der Waals surface area contributed by atoms with Gasteiger partial charge in [-0.3, -0.25) is 9.64 Å². The van der Waals surface area contributed by atoms with Crippen molar-refractivity contribution in [3.63, 3.8) is 0 Å². The third-order valence-corrected chi connectivity index (χ3v) is 4.78. The van der Waals surface area contributed by atoms with Crippen LogP contribution in [0.1, 0.15) is 11.1 Å². The maximum absolute atomic E-state index is 14.6. The van der Waals surface area contributed by atoms with Gasteiger partial charge in [0.25, 0.3) is 0 Å². The van der Waals surface area contributed by atoms with Crippen molar-refractivity contribution in [2.45, 2.75) is 12.8 Å². The van der Waals surface area contributed by atoms with Crippen LogP contribution in [0, 0.1) is 30.1 Å². The number of halogens is 3. The number of ether oxygens (including phenoxy) is 1. The molecular formula is C25H15F3N2NaO3-. The number of pyridine rings is 1. The first-order valence-corrected chi connectivity index (χ1v) is 9.53. The Morgan fingerprint density at radius 2 is 1.68 bits per heavy atom. The van der Waals surface area contributed by atoms with Gasteiger partial charge in [-0.1, -0.05) is 17.5 Å². The van der Waals surface area contributed by atoms with E-state index in [4.69, 9.17) is 11.3 Å². The van der Waals surface area contributed by atoms with Crippen LogP contribution < -0.4 is 34.3 Å². The summed E-state index contributed by atoms with van der Waals surface area (Å²) >= 11 is 0. The van der Waals surface area contributed by atoms with Crippen molar-refractivity contribution in [1.29, 1.82) is 0 Å². The summed E-state index contributed by atoms with van der Waals surface area (Å²) in [5.41, 5.74) is 1.06. The smallest absolute Gasteiger partial charge is 0.870 e. The Bertz CT molecular complexity index is 1390. The van der Waals surface area contributed by atoms with E-state index in [1.807, 2.05) is 0 Å². The van der Waals surface area contributed by atoms with Gasteiger partial charge in [0.15, 0.2) is 0 Å².